The summed E-state index contributed by atoms with van der Waals surface area (Å²) in [6.07, 6.45) is 5.63. The highest BCUT2D eigenvalue weighted by Gasteiger charge is 2.29. The van der Waals surface area contributed by atoms with Crippen molar-refractivity contribution in [3.8, 4) is 0 Å². The molecule has 0 atom stereocenters. The third-order valence-electron chi connectivity index (χ3n) is 5.79. The van der Waals surface area contributed by atoms with Crippen LogP contribution in [0.1, 0.15) is 56.9 Å². The number of hydrogen-bond acceptors (Lipinski definition) is 3. The molecule has 1 aliphatic carbocycles. The fourth-order valence-electron chi connectivity index (χ4n) is 4.11. The molecule has 1 aromatic carbocycles. The SMILES string of the molecule is CC1CCC(NS(=O)(=O)CC(=O)N2CCC(c3ccccc3)CC2)CC1. The zero-order valence-corrected chi connectivity index (χ0v) is 16.4. The molecule has 1 heterocycles. The molecule has 1 amide bonds. The molecule has 26 heavy (non-hydrogen) atoms. The van der Waals surface area contributed by atoms with Crippen molar-refractivity contribution in [2.45, 2.75) is 57.4 Å². The van der Waals surface area contributed by atoms with Crippen LogP contribution in [0, 0.1) is 5.92 Å². The molecule has 0 aromatic heterocycles. The van der Waals surface area contributed by atoms with Crippen LogP contribution in [0.2, 0.25) is 0 Å². The van der Waals surface area contributed by atoms with E-state index in [1.54, 1.807) is 4.90 Å². The second kappa shape index (κ2) is 8.53. The van der Waals surface area contributed by atoms with Crippen LogP contribution in [0.15, 0.2) is 30.3 Å². The quantitative estimate of drug-likeness (QED) is 0.857. The molecule has 0 unspecified atom stereocenters. The third kappa shape index (κ3) is 5.30. The topological polar surface area (TPSA) is 66.5 Å². The third-order valence-corrected chi connectivity index (χ3v) is 7.11. The summed E-state index contributed by atoms with van der Waals surface area (Å²) < 4.78 is 27.5. The number of benzene rings is 1. The lowest BCUT2D eigenvalue weighted by Gasteiger charge is -2.32. The van der Waals surface area contributed by atoms with E-state index < -0.39 is 15.8 Å². The summed E-state index contributed by atoms with van der Waals surface area (Å²) in [7, 11) is -3.55. The van der Waals surface area contributed by atoms with Crippen molar-refractivity contribution >= 4 is 15.9 Å². The van der Waals surface area contributed by atoms with Gasteiger partial charge in [-0.25, -0.2) is 13.1 Å². The number of carbonyl (C=O) groups excluding carboxylic acids is 1. The van der Waals surface area contributed by atoms with Gasteiger partial charge in [0.05, 0.1) is 0 Å². The van der Waals surface area contributed by atoms with Crippen molar-refractivity contribution in [1.29, 1.82) is 0 Å². The summed E-state index contributed by atoms with van der Waals surface area (Å²) in [6.45, 7) is 3.47. The van der Waals surface area contributed by atoms with E-state index in [1.807, 2.05) is 18.2 Å². The summed E-state index contributed by atoms with van der Waals surface area (Å²) in [5, 5.41) is 0. The van der Waals surface area contributed by atoms with Gasteiger partial charge in [0.15, 0.2) is 0 Å². The molecule has 3 rings (SSSR count). The van der Waals surface area contributed by atoms with Gasteiger partial charge in [-0.1, -0.05) is 37.3 Å². The smallest absolute Gasteiger partial charge is 0.239 e. The fourth-order valence-corrected chi connectivity index (χ4v) is 5.45. The molecule has 1 N–H and O–H groups in total. The number of rotatable bonds is 5. The van der Waals surface area contributed by atoms with Crippen LogP contribution in [-0.2, 0) is 14.8 Å². The number of carbonyl (C=O) groups is 1. The number of piperidine rings is 1. The summed E-state index contributed by atoms with van der Waals surface area (Å²) in [5.74, 6) is 0.436. The Kier molecular flexibility index (Phi) is 6.35. The number of amides is 1. The Bertz CT molecular complexity index is 689. The molecule has 1 saturated carbocycles. The number of nitrogens with one attached hydrogen (secondary N) is 1. The summed E-state index contributed by atoms with van der Waals surface area (Å²) in [6, 6.07) is 10.3. The molecule has 0 spiro atoms. The summed E-state index contributed by atoms with van der Waals surface area (Å²) >= 11 is 0. The van der Waals surface area contributed by atoms with Crippen molar-refractivity contribution in [3.05, 3.63) is 35.9 Å². The first-order chi connectivity index (χ1) is 12.4. The fraction of sp³-hybridized carbons (Fsp3) is 0.650. The van der Waals surface area contributed by atoms with E-state index in [0.29, 0.717) is 24.9 Å². The Labute approximate surface area is 157 Å². The molecule has 2 aliphatic rings. The Morgan fingerprint density at radius 2 is 1.65 bits per heavy atom. The number of nitrogens with zero attached hydrogens (tertiary/aromatic N) is 1. The van der Waals surface area contributed by atoms with Crippen molar-refractivity contribution in [2.24, 2.45) is 5.92 Å². The van der Waals surface area contributed by atoms with Gasteiger partial charge in [-0.3, -0.25) is 4.79 Å². The molecule has 2 fully saturated rings. The van der Waals surface area contributed by atoms with Crippen molar-refractivity contribution in [1.82, 2.24) is 9.62 Å². The van der Waals surface area contributed by atoms with E-state index in [4.69, 9.17) is 0 Å². The van der Waals surface area contributed by atoms with Gasteiger partial charge in [-0.15, -0.1) is 0 Å². The highest BCUT2D eigenvalue weighted by atomic mass is 32.2. The van der Waals surface area contributed by atoms with Gasteiger partial charge >= 0.3 is 0 Å². The first kappa shape index (κ1) is 19.4. The number of likely N-dealkylation sites (tertiary alicyclic amines) is 1. The number of hydrogen-bond donors (Lipinski definition) is 1. The van der Waals surface area contributed by atoms with Crippen molar-refractivity contribution < 1.29 is 13.2 Å². The van der Waals surface area contributed by atoms with Crippen LogP contribution in [-0.4, -0.2) is 44.1 Å². The first-order valence-electron chi connectivity index (χ1n) is 9.75. The van der Waals surface area contributed by atoms with E-state index >= 15 is 0 Å². The minimum absolute atomic E-state index is 0.00665. The van der Waals surface area contributed by atoms with E-state index in [1.165, 1.54) is 5.56 Å². The van der Waals surface area contributed by atoms with Crippen molar-refractivity contribution in [2.75, 3.05) is 18.8 Å². The minimum Gasteiger partial charge on any atom is -0.342 e. The molecule has 1 aliphatic heterocycles. The van der Waals surface area contributed by atoms with Gasteiger partial charge in [-0.2, -0.15) is 0 Å². The average molecular weight is 379 g/mol. The molecule has 0 bridgehead atoms. The van der Waals surface area contributed by atoms with Gasteiger partial charge in [0, 0.05) is 19.1 Å². The monoisotopic (exact) mass is 378 g/mol. The lowest BCUT2D eigenvalue weighted by molar-refractivity contribution is -0.129. The van der Waals surface area contributed by atoms with Crippen LogP contribution >= 0.6 is 0 Å². The Morgan fingerprint density at radius 1 is 1.04 bits per heavy atom. The normalized spacial score (nSPS) is 25.2. The Balaban J connectivity index is 1.47. The summed E-state index contributed by atoms with van der Waals surface area (Å²) in [5.41, 5.74) is 1.31. The van der Waals surface area contributed by atoms with E-state index in [0.717, 1.165) is 38.5 Å². The van der Waals surface area contributed by atoms with Crippen LogP contribution in [0.5, 0.6) is 0 Å². The maximum Gasteiger partial charge on any atom is 0.239 e. The number of sulfonamides is 1. The van der Waals surface area contributed by atoms with Crippen molar-refractivity contribution in [3.63, 3.8) is 0 Å². The molecule has 1 saturated heterocycles. The average Bonchev–Trinajstić information content (AvgIpc) is 2.64. The standard InChI is InChI=1S/C20H30N2O3S/c1-16-7-9-19(10-8-16)21-26(24,25)15-20(23)22-13-11-18(12-14-22)17-5-3-2-4-6-17/h2-6,16,18-19,21H,7-15H2,1H3. The second-order valence-corrected chi connectivity index (χ2v) is 9.65. The van der Waals surface area contributed by atoms with Crippen LogP contribution in [0.3, 0.4) is 0 Å². The Morgan fingerprint density at radius 3 is 2.27 bits per heavy atom. The second-order valence-electron chi connectivity index (χ2n) is 7.90. The zero-order valence-electron chi connectivity index (χ0n) is 15.6. The molecule has 144 valence electrons. The molecule has 0 radical (unpaired) electrons. The van der Waals surface area contributed by atoms with E-state index in [-0.39, 0.29) is 11.9 Å². The lowest BCUT2D eigenvalue weighted by Crippen LogP contribution is -2.45. The lowest BCUT2D eigenvalue weighted by atomic mass is 9.88. The molecular formula is C20H30N2O3S. The molecule has 1 aromatic rings. The van der Waals surface area contributed by atoms with Gasteiger partial charge in [0.25, 0.3) is 0 Å². The highest BCUT2D eigenvalue weighted by Crippen LogP contribution is 2.28. The van der Waals surface area contributed by atoms with E-state index in [9.17, 15) is 13.2 Å². The van der Waals surface area contributed by atoms with Gasteiger partial charge in [0.2, 0.25) is 15.9 Å². The minimum atomic E-state index is -3.55. The maximum absolute atomic E-state index is 12.5. The largest absolute Gasteiger partial charge is 0.342 e. The zero-order chi connectivity index (χ0) is 18.6. The van der Waals surface area contributed by atoms with Gasteiger partial charge < -0.3 is 4.90 Å². The maximum atomic E-state index is 12.5. The van der Waals surface area contributed by atoms with Crippen LogP contribution < -0.4 is 4.72 Å². The van der Waals surface area contributed by atoms with Crippen LogP contribution in [0.25, 0.3) is 0 Å². The molecular weight excluding hydrogens is 348 g/mol. The summed E-state index contributed by atoms with van der Waals surface area (Å²) in [4.78, 5) is 14.2. The van der Waals surface area contributed by atoms with Gasteiger partial charge in [0.1, 0.15) is 5.75 Å². The highest BCUT2D eigenvalue weighted by molar-refractivity contribution is 7.90. The van der Waals surface area contributed by atoms with E-state index in [2.05, 4.69) is 23.8 Å². The predicted octanol–water partition coefficient (Wildman–Crippen LogP) is 2.89. The predicted molar refractivity (Wildman–Crippen MR) is 103 cm³/mol. The van der Waals surface area contributed by atoms with Crippen LogP contribution in [0.4, 0.5) is 0 Å². The first-order valence-corrected chi connectivity index (χ1v) is 11.4. The molecule has 6 heteroatoms. The Hall–Kier alpha value is -1.40. The molecule has 5 nitrogen and oxygen atoms in total. The van der Waals surface area contributed by atoms with Gasteiger partial charge in [-0.05, 0) is 55.9 Å².